The highest BCUT2D eigenvalue weighted by molar-refractivity contribution is 6.32. The van der Waals surface area contributed by atoms with Gasteiger partial charge in [0.25, 0.3) is 0 Å². The fourth-order valence-electron chi connectivity index (χ4n) is 1.51. The van der Waals surface area contributed by atoms with Gasteiger partial charge in [0.1, 0.15) is 11.6 Å². The molecule has 5 heteroatoms. The Balaban J connectivity index is 2.13. The molecule has 0 amide bonds. The molecule has 0 aromatic heterocycles. The van der Waals surface area contributed by atoms with Gasteiger partial charge in [0.05, 0.1) is 10.7 Å². The maximum atomic E-state index is 9.32. The average Bonchev–Trinajstić information content (AvgIpc) is 2.43. The van der Waals surface area contributed by atoms with Crippen LogP contribution in [0.4, 0.5) is 5.69 Å². The molecule has 0 unspecified atom stereocenters. The summed E-state index contributed by atoms with van der Waals surface area (Å²) in [4.78, 5) is 4.22. The van der Waals surface area contributed by atoms with E-state index in [0.717, 1.165) is 11.3 Å². The summed E-state index contributed by atoms with van der Waals surface area (Å²) < 4.78 is 0. The van der Waals surface area contributed by atoms with Crippen molar-refractivity contribution in [3.8, 4) is 5.75 Å². The van der Waals surface area contributed by atoms with E-state index in [0.29, 0.717) is 15.9 Å². The van der Waals surface area contributed by atoms with Crippen LogP contribution in [-0.2, 0) is 0 Å². The van der Waals surface area contributed by atoms with Crippen LogP contribution < -0.4 is 5.73 Å². The third-order valence-electron chi connectivity index (χ3n) is 2.50. The Morgan fingerprint density at radius 1 is 1.10 bits per heavy atom. The van der Waals surface area contributed by atoms with Crippen molar-refractivity contribution < 1.29 is 5.11 Å². The summed E-state index contributed by atoms with van der Waals surface area (Å²) in [5.74, 6) is 0.406. The first-order valence-electron chi connectivity index (χ1n) is 5.81. The number of phenols is 1. The fourth-order valence-corrected chi connectivity index (χ4v) is 1.83. The number of hydrogen-bond acceptors (Lipinski definition) is 2. The number of benzene rings is 2. The lowest BCUT2D eigenvalue weighted by atomic mass is 10.2. The molecular formula is C15H12Cl2N2O. The number of rotatable bonds is 3. The number of phenolic OH excluding ortho intramolecular Hbond substituents is 1. The van der Waals surface area contributed by atoms with Crippen molar-refractivity contribution in [3.63, 3.8) is 0 Å². The minimum absolute atomic E-state index is 0.0478. The molecule has 0 aliphatic heterocycles. The zero-order chi connectivity index (χ0) is 14.5. The first-order valence-corrected chi connectivity index (χ1v) is 6.56. The minimum atomic E-state index is 0.0478. The smallest absolute Gasteiger partial charge is 0.134 e. The van der Waals surface area contributed by atoms with Gasteiger partial charge >= 0.3 is 0 Å². The fraction of sp³-hybridized carbons (Fsp3) is 0. The number of halogens is 2. The van der Waals surface area contributed by atoms with Gasteiger partial charge in [0.2, 0.25) is 0 Å². The molecule has 0 aliphatic carbocycles. The zero-order valence-electron chi connectivity index (χ0n) is 10.4. The van der Waals surface area contributed by atoms with E-state index in [9.17, 15) is 5.11 Å². The largest absolute Gasteiger partial charge is 0.506 e. The Morgan fingerprint density at radius 2 is 1.80 bits per heavy atom. The van der Waals surface area contributed by atoms with Gasteiger partial charge in [-0.3, -0.25) is 0 Å². The van der Waals surface area contributed by atoms with Gasteiger partial charge < -0.3 is 10.8 Å². The number of amidine groups is 1. The van der Waals surface area contributed by atoms with Gasteiger partial charge in [0.15, 0.2) is 0 Å². The van der Waals surface area contributed by atoms with Crippen molar-refractivity contribution >= 4 is 40.8 Å². The van der Waals surface area contributed by atoms with Crippen molar-refractivity contribution in [2.75, 3.05) is 0 Å². The van der Waals surface area contributed by atoms with Crippen LogP contribution in [0.5, 0.6) is 5.75 Å². The monoisotopic (exact) mass is 306 g/mol. The third kappa shape index (κ3) is 4.02. The van der Waals surface area contributed by atoms with E-state index in [1.807, 2.05) is 0 Å². The van der Waals surface area contributed by atoms with Crippen LogP contribution in [0.1, 0.15) is 5.56 Å². The molecule has 2 aromatic rings. The Bertz CT molecular complexity index is 664. The second-order valence-corrected chi connectivity index (χ2v) is 4.90. The lowest BCUT2D eigenvalue weighted by Gasteiger charge is -1.98. The van der Waals surface area contributed by atoms with Crippen molar-refractivity contribution in [3.05, 3.63) is 64.1 Å². The first kappa shape index (κ1) is 14.4. The molecule has 3 N–H and O–H groups in total. The number of hydrogen-bond donors (Lipinski definition) is 2. The van der Waals surface area contributed by atoms with Crippen molar-refractivity contribution in [1.29, 1.82) is 0 Å². The molecule has 2 rings (SSSR count). The van der Waals surface area contributed by atoms with Crippen molar-refractivity contribution in [1.82, 2.24) is 0 Å². The number of nitrogens with two attached hydrogens (primary N) is 1. The summed E-state index contributed by atoms with van der Waals surface area (Å²) >= 11 is 11.6. The van der Waals surface area contributed by atoms with Crippen LogP contribution in [0.3, 0.4) is 0 Å². The Kier molecular flexibility index (Phi) is 4.66. The summed E-state index contributed by atoms with van der Waals surface area (Å²) in [5.41, 5.74) is 7.35. The molecule has 0 spiro atoms. The minimum Gasteiger partial charge on any atom is -0.506 e. The average molecular weight is 307 g/mol. The Hall–Kier alpha value is -1.97. The van der Waals surface area contributed by atoms with Crippen LogP contribution in [0, 0.1) is 0 Å². The van der Waals surface area contributed by atoms with Crippen molar-refractivity contribution in [2.24, 2.45) is 10.7 Å². The van der Waals surface area contributed by atoms with Crippen molar-refractivity contribution in [2.45, 2.75) is 0 Å². The summed E-state index contributed by atoms with van der Waals surface area (Å²) in [5, 5.41) is 10.3. The van der Waals surface area contributed by atoms with Gasteiger partial charge in [-0.1, -0.05) is 35.3 Å². The molecule has 102 valence electrons. The number of aliphatic imine (C=N–C) groups is 1. The van der Waals surface area contributed by atoms with Gasteiger partial charge in [-0.05, 0) is 48.0 Å². The van der Waals surface area contributed by atoms with Crippen LogP contribution in [0.15, 0.2) is 53.5 Å². The highest BCUT2D eigenvalue weighted by atomic mass is 35.5. The molecule has 0 aliphatic rings. The molecular weight excluding hydrogens is 295 g/mol. The summed E-state index contributed by atoms with van der Waals surface area (Å²) in [7, 11) is 0. The molecule has 0 radical (unpaired) electrons. The van der Waals surface area contributed by atoms with Gasteiger partial charge in [-0.15, -0.1) is 0 Å². The lowest BCUT2D eigenvalue weighted by molar-refractivity contribution is 0.475. The maximum Gasteiger partial charge on any atom is 0.134 e. The van der Waals surface area contributed by atoms with Crippen LogP contribution in [0.25, 0.3) is 6.08 Å². The molecule has 0 atom stereocenters. The number of nitrogens with zero attached hydrogens (tertiary/aromatic N) is 1. The SMILES string of the molecule is NC(C=Cc1ccc(O)c(Cl)c1)=Nc1ccc(Cl)cc1. The molecule has 0 saturated heterocycles. The first-order chi connectivity index (χ1) is 9.54. The summed E-state index contributed by atoms with van der Waals surface area (Å²) in [6, 6.07) is 11.9. The van der Waals surface area contributed by atoms with E-state index in [2.05, 4.69) is 4.99 Å². The third-order valence-corrected chi connectivity index (χ3v) is 3.06. The zero-order valence-corrected chi connectivity index (χ0v) is 11.9. The molecule has 2 aromatic carbocycles. The van der Waals surface area contributed by atoms with Gasteiger partial charge in [0, 0.05) is 5.02 Å². The second kappa shape index (κ2) is 6.46. The van der Waals surface area contributed by atoms with Gasteiger partial charge in [-0.25, -0.2) is 4.99 Å². The standard InChI is InChI=1S/C15H12Cl2N2O/c16-11-3-5-12(6-4-11)19-15(18)8-2-10-1-7-14(20)13(17)9-10/h1-9,20H,(H2,18,19). The predicted molar refractivity (Wildman–Crippen MR) is 84.9 cm³/mol. The summed E-state index contributed by atoms with van der Waals surface area (Å²) in [6.07, 6.45) is 3.43. The van der Waals surface area contributed by atoms with Gasteiger partial charge in [-0.2, -0.15) is 0 Å². The highest BCUT2D eigenvalue weighted by Crippen LogP contribution is 2.24. The van der Waals surface area contributed by atoms with E-state index < -0.39 is 0 Å². The predicted octanol–water partition coefficient (Wildman–Crippen LogP) is 4.40. The van der Waals surface area contributed by atoms with E-state index in [4.69, 9.17) is 28.9 Å². The van der Waals surface area contributed by atoms with E-state index in [1.165, 1.54) is 6.07 Å². The topological polar surface area (TPSA) is 58.6 Å². The Morgan fingerprint density at radius 3 is 2.45 bits per heavy atom. The van der Waals surface area contributed by atoms with E-state index >= 15 is 0 Å². The molecule has 0 saturated carbocycles. The van der Waals surface area contributed by atoms with Crippen LogP contribution in [0.2, 0.25) is 10.0 Å². The Labute approximate surface area is 127 Å². The lowest BCUT2D eigenvalue weighted by Crippen LogP contribution is -2.06. The van der Waals surface area contributed by atoms with E-state index in [-0.39, 0.29) is 5.75 Å². The molecule has 3 nitrogen and oxygen atoms in total. The summed E-state index contributed by atoms with van der Waals surface area (Å²) in [6.45, 7) is 0. The van der Waals surface area contributed by atoms with E-state index in [1.54, 1.807) is 48.6 Å². The molecule has 0 bridgehead atoms. The second-order valence-electron chi connectivity index (χ2n) is 4.06. The molecule has 0 heterocycles. The molecule has 0 fully saturated rings. The highest BCUT2D eigenvalue weighted by Gasteiger charge is 1.97. The number of aromatic hydroxyl groups is 1. The quantitative estimate of drug-likeness (QED) is 0.652. The molecule has 20 heavy (non-hydrogen) atoms. The maximum absolute atomic E-state index is 9.32. The van der Waals surface area contributed by atoms with Crippen LogP contribution >= 0.6 is 23.2 Å². The van der Waals surface area contributed by atoms with Crippen LogP contribution in [-0.4, -0.2) is 10.9 Å². The normalized spacial score (nSPS) is 12.0.